The second-order valence-corrected chi connectivity index (χ2v) is 3.73. The van der Waals surface area contributed by atoms with Gasteiger partial charge in [-0.2, -0.15) is 0 Å². The Labute approximate surface area is 90.6 Å². The molecule has 1 aliphatic heterocycles. The van der Waals surface area contributed by atoms with Gasteiger partial charge in [-0.1, -0.05) is 25.5 Å². The van der Waals surface area contributed by atoms with Gasteiger partial charge < -0.3 is 10.6 Å². The summed E-state index contributed by atoms with van der Waals surface area (Å²) in [5.41, 5.74) is 2.49. The normalized spacial score (nSPS) is 14.6. The molecule has 0 saturated carbocycles. The van der Waals surface area contributed by atoms with E-state index < -0.39 is 0 Å². The quantitative estimate of drug-likeness (QED) is 0.788. The third-order valence-electron chi connectivity index (χ3n) is 2.43. The largest absolute Gasteiger partial charge is 0.354 e. The summed E-state index contributed by atoms with van der Waals surface area (Å²) >= 11 is 0. The summed E-state index contributed by atoms with van der Waals surface area (Å²) in [6.45, 7) is 4.01. The molecular weight excluding hydrogens is 186 g/mol. The van der Waals surface area contributed by atoms with Gasteiger partial charge in [-0.25, -0.2) is 0 Å². The topological polar surface area (TPSA) is 36.4 Å². The molecule has 80 valence electrons. The third-order valence-corrected chi connectivity index (χ3v) is 2.43. The molecule has 3 nitrogen and oxygen atoms in total. The molecular formula is C12H17N3. The lowest BCUT2D eigenvalue weighted by Crippen LogP contribution is -2.26. The summed E-state index contributed by atoms with van der Waals surface area (Å²) in [7, 11) is 0. The van der Waals surface area contributed by atoms with Crippen LogP contribution in [0.25, 0.3) is 0 Å². The Bertz CT molecular complexity index is 340. The second-order valence-electron chi connectivity index (χ2n) is 3.73. The molecule has 1 heterocycles. The number of hydrogen-bond acceptors (Lipinski definition) is 3. The number of benzene rings is 1. The van der Waals surface area contributed by atoms with E-state index in [1.54, 1.807) is 0 Å². The molecule has 15 heavy (non-hydrogen) atoms. The summed E-state index contributed by atoms with van der Waals surface area (Å²) in [4.78, 5) is 4.28. The first kappa shape index (κ1) is 10.0. The molecule has 0 atom stereocenters. The molecule has 0 aliphatic carbocycles. The van der Waals surface area contributed by atoms with Crippen LogP contribution in [-0.4, -0.2) is 19.0 Å². The van der Waals surface area contributed by atoms with Gasteiger partial charge in [0.25, 0.3) is 0 Å². The molecule has 1 aliphatic rings. The van der Waals surface area contributed by atoms with Crippen molar-refractivity contribution in [3.8, 4) is 0 Å². The predicted octanol–water partition coefficient (Wildman–Crippen LogP) is 2.01. The van der Waals surface area contributed by atoms with Crippen molar-refractivity contribution in [2.24, 2.45) is 4.99 Å². The van der Waals surface area contributed by atoms with E-state index in [2.05, 4.69) is 46.8 Å². The number of hydrogen-bond donors (Lipinski definition) is 2. The van der Waals surface area contributed by atoms with Gasteiger partial charge in [-0.3, -0.25) is 4.99 Å². The maximum absolute atomic E-state index is 4.28. The lowest BCUT2D eigenvalue weighted by molar-refractivity contribution is 0.922. The smallest absolute Gasteiger partial charge is 0.195 e. The van der Waals surface area contributed by atoms with Crippen molar-refractivity contribution < 1.29 is 0 Å². The van der Waals surface area contributed by atoms with E-state index in [-0.39, 0.29) is 0 Å². The highest BCUT2D eigenvalue weighted by molar-refractivity contribution is 5.94. The number of rotatable bonds is 3. The molecule has 0 bridgehead atoms. The summed E-state index contributed by atoms with van der Waals surface area (Å²) in [6.07, 6.45) is 2.35. The Morgan fingerprint density at radius 2 is 2.13 bits per heavy atom. The Morgan fingerprint density at radius 1 is 1.33 bits per heavy atom. The van der Waals surface area contributed by atoms with Gasteiger partial charge in [0.05, 0.1) is 6.54 Å². The van der Waals surface area contributed by atoms with Gasteiger partial charge >= 0.3 is 0 Å². The van der Waals surface area contributed by atoms with Gasteiger partial charge in [0.15, 0.2) is 5.96 Å². The van der Waals surface area contributed by atoms with E-state index in [1.807, 2.05) is 0 Å². The SMILES string of the molecule is CCCc1ccc(NC2=NCCN2)cc1. The van der Waals surface area contributed by atoms with Crippen LogP contribution in [0.4, 0.5) is 5.69 Å². The lowest BCUT2D eigenvalue weighted by atomic mass is 10.1. The molecule has 1 aromatic carbocycles. The summed E-state index contributed by atoms with van der Waals surface area (Å²) in [5.74, 6) is 0.887. The van der Waals surface area contributed by atoms with Crippen LogP contribution in [0.3, 0.4) is 0 Å². The van der Waals surface area contributed by atoms with E-state index >= 15 is 0 Å². The van der Waals surface area contributed by atoms with Crippen LogP contribution in [0.5, 0.6) is 0 Å². The fraction of sp³-hybridized carbons (Fsp3) is 0.417. The molecule has 0 unspecified atom stereocenters. The lowest BCUT2D eigenvalue weighted by Gasteiger charge is -2.07. The second kappa shape index (κ2) is 4.82. The van der Waals surface area contributed by atoms with Crippen LogP contribution >= 0.6 is 0 Å². The highest BCUT2D eigenvalue weighted by Crippen LogP contribution is 2.11. The standard InChI is InChI=1S/C12H17N3/c1-2-3-10-4-6-11(7-5-10)15-12-13-8-9-14-12/h4-7H,2-3,8-9H2,1H3,(H2,13,14,15). The first-order valence-electron chi connectivity index (χ1n) is 5.53. The zero-order valence-corrected chi connectivity index (χ0v) is 9.09. The third kappa shape index (κ3) is 2.72. The summed E-state index contributed by atoms with van der Waals surface area (Å²) in [6, 6.07) is 8.55. The van der Waals surface area contributed by atoms with Crippen molar-refractivity contribution in [2.75, 3.05) is 18.4 Å². The molecule has 0 aromatic heterocycles. The molecule has 0 radical (unpaired) electrons. The maximum atomic E-state index is 4.28. The van der Waals surface area contributed by atoms with Gasteiger partial charge in [0.2, 0.25) is 0 Å². The van der Waals surface area contributed by atoms with E-state index in [4.69, 9.17) is 0 Å². The number of guanidine groups is 1. The molecule has 0 amide bonds. The van der Waals surface area contributed by atoms with Crippen LogP contribution in [0, 0.1) is 0 Å². The Hall–Kier alpha value is -1.51. The maximum Gasteiger partial charge on any atom is 0.195 e. The summed E-state index contributed by atoms with van der Waals surface area (Å²) in [5, 5.41) is 6.43. The Kier molecular flexibility index (Phi) is 3.22. The molecule has 1 aromatic rings. The molecule has 0 fully saturated rings. The van der Waals surface area contributed by atoms with E-state index in [9.17, 15) is 0 Å². The average molecular weight is 203 g/mol. The van der Waals surface area contributed by atoms with Gasteiger partial charge in [-0.05, 0) is 24.1 Å². The van der Waals surface area contributed by atoms with Crippen molar-refractivity contribution in [2.45, 2.75) is 19.8 Å². The Balaban J connectivity index is 1.97. The Morgan fingerprint density at radius 3 is 2.73 bits per heavy atom. The minimum absolute atomic E-state index is 0.871. The average Bonchev–Trinajstić information content (AvgIpc) is 2.74. The van der Waals surface area contributed by atoms with Crippen LogP contribution in [0.2, 0.25) is 0 Å². The minimum Gasteiger partial charge on any atom is -0.354 e. The van der Waals surface area contributed by atoms with Crippen molar-refractivity contribution in [1.29, 1.82) is 0 Å². The zero-order chi connectivity index (χ0) is 10.5. The van der Waals surface area contributed by atoms with Crippen LogP contribution in [0.1, 0.15) is 18.9 Å². The number of nitrogens with zero attached hydrogens (tertiary/aromatic N) is 1. The predicted molar refractivity (Wildman–Crippen MR) is 64.4 cm³/mol. The molecule has 0 spiro atoms. The molecule has 0 saturated heterocycles. The monoisotopic (exact) mass is 203 g/mol. The number of aliphatic imine (C=N–C) groups is 1. The fourth-order valence-corrected chi connectivity index (χ4v) is 1.66. The molecule has 2 N–H and O–H groups in total. The van der Waals surface area contributed by atoms with Gasteiger partial charge in [0.1, 0.15) is 0 Å². The first-order valence-corrected chi connectivity index (χ1v) is 5.53. The minimum atomic E-state index is 0.871. The van der Waals surface area contributed by atoms with E-state index in [1.165, 1.54) is 12.0 Å². The molecule has 2 rings (SSSR count). The number of nitrogens with one attached hydrogen (secondary N) is 2. The van der Waals surface area contributed by atoms with E-state index in [0.717, 1.165) is 31.2 Å². The molecule has 3 heteroatoms. The van der Waals surface area contributed by atoms with Crippen molar-refractivity contribution in [1.82, 2.24) is 5.32 Å². The van der Waals surface area contributed by atoms with Crippen LogP contribution in [0.15, 0.2) is 29.3 Å². The summed E-state index contributed by atoms with van der Waals surface area (Å²) < 4.78 is 0. The van der Waals surface area contributed by atoms with Crippen molar-refractivity contribution in [3.05, 3.63) is 29.8 Å². The van der Waals surface area contributed by atoms with Crippen molar-refractivity contribution >= 4 is 11.6 Å². The van der Waals surface area contributed by atoms with Crippen LogP contribution < -0.4 is 10.6 Å². The number of anilines is 1. The fourth-order valence-electron chi connectivity index (χ4n) is 1.66. The first-order chi connectivity index (χ1) is 7.38. The van der Waals surface area contributed by atoms with Gasteiger partial charge in [-0.15, -0.1) is 0 Å². The zero-order valence-electron chi connectivity index (χ0n) is 9.09. The van der Waals surface area contributed by atoms with Gasteiger partial charge in [0, 0.05) is 12.2 Å². The number of aryl methyl sites for hydroxylation is 1. The van der Waals surface area contributed by atoms with Crippen LogP contribution in [-0.2, 0) is 6.42 Å². The van der Waals surface area contributed by atoms with Crippen molar-refractivity contribution in [3.63, 3.8) is 0 Å². The highest BCUT2D eigenvalue weighted by atomic mass is 15.2. The van der Waals surface area contributed by atoms with E-state index in [0.29, 0.717) is 0 Å². The highest BCUT2D eigenvalue weighted by Gasteiger charge is 2.03.